The van der Waals surface area contributed by atoms with Gasteiger partial charge in [-0.2, -0.15) is 0 Å². The molecule has 0 fully saturated rings. The Balaban J connectivity index is 2.58. The van der Waals surface area contributed by atoms with Gasteiger partial charge in [0, 0.05) is 0 Å². The molecule has 0 spiro atoms. The normalized spacial score (nSPS) is 11.0. The van der Waals surface area contributed by atoms with E-state index in [1.54, 1.807) is 6.07 Å². The van der Waals surface area contributed by atoms with Crippen molar-refractivity contribution in [3.63, 3.8) is 0 Å². The lowest BCUT2D eigenvalue weighted by Gasteiger charge is -2.11. The van der Waals surface area contributed by atoms with E-state index in [-0.39, 0.29) is 44.9 Å². The molecule has 1 heterocycles. The zero-order chi connectivity index (χ0) is 15.1. The maximum Gasteiger partial charge on any atom is 0.207 e. The lowest BCUT2D eigenvalue weighted by Crippen LogP contribution is -2.04. The molecule has 0 aliphatic rings. The van der Waals surface area contributed by atoms with Gasteiger partial charge in [-0.05, 0) is 18.2 Å². The van der Waals surface area contributed by atoms with Crippen molar-refractivity contribution >= 4 is 21.9 Å². The van der Waals surface area contributed by atoms with Crippen molar-refractivity contribution < 1.29 is 24.1 Å². The summed E-state index contributed by atoms with van der Waals surface area (Å²) in [6.45, 7) is 0. The van der Waals surface area contributed by atoms with Gasteiger partial charge in [-0.15, -0.1) is 0 Å². The summed E-state index contributed by atoms with van der Waals surface area (Å²) in [5.41, 5.74) is -0.300. The van der Waals surface area contributed by atoms with E-state index in [1.807, 2.05) is 0 Å². The van der Waals surface area contributed by atoms with Gasteiger partial charge < -0.3 is 24.1 Å². The van der Waals surface area contributed by atoms with Crippen LogP contribution in [-0.2, 0) is 0 Å². The minimum atomic E-state index is -0.458. The molecule has 0 aliphatic carbocycles. The monoisotopic (exact) mass is 288 g/mol. The first-order chi connectivity index (χ1) is 10.1. The molecule has 0 amide bonds. The van der Waals surface area contributed by atoms with Gasteiger partial charge in [0.1, 0.15) is 16.7 Å². The Labute approximate surface area is 118 Å². The molecule has 6 nitrogen and oxygen atoms in total. The number of methoxy groups -OCH3 is 2. The SMILES string of the molecule is COc1cc2c(=O)c3c(O)cccc3oc2c(O)c1OC. The van der Waals surface area contributed by atoms with Gasteiger partial charge in [0.15, 0.2) is 11.3 Å². The number of rotatable bonds is 2. The minimum Gasteiger partial charge on any atom is -0.507 e. The second kappa shape index (κ2) is 4.59. The highest BCUT2D eigenvalue weighted by Crippen LogP contribution is 2.42. The number of hydrogen-bond acceptors (Lipinski definition) is 6. The van der Waals surface area contributed by atoms with Crippen LogP contribution in [0.2, 0.25) is 0 Å². The maximum atomic E-state index is 12.5. The molecule has 6 heteroatoms. The molecular weight excluding hydrogens is 276 g/mol. The number of benzene rings is 2. The van der Waals surface area contributed by atoms with Crippen molar-refractivity contribution in [1.29, 1.82) is 0 Å². The zero-order valence-corrected chi connectivity index (χ0v) is 11.3. The molecule has 108 valence electrons. The second-order valence-electron chi connectivity index (χ2n) is 4.42. The highest BCUT2D eigenvalue weighted by Gasteiger charge is 2.20. The summed E-state index contributed by atoms with van der Waals surface area (Å²) >= 11 is 0. The quantitative estimate of drug-likeness (QED) is 0.704. The molecule has 3 aromatic rings. The van der Waals surface area contributed by atoms with E-state index in [9.17, 15) is 15.0 Å². The molecule has 3 rings (SSSR count). The molecule has 0 saturated carbocycles. The zero-order valence-electron chi connectivity index (χ0n) is 11.3. The highest BCUT2D eigenvalue weighted by atomic mass is 16.5. The van der Waals surface area contributed by atoms with Crippen LogP contribution in [0.25, 0.3) is 21.9 Å². The number of phenolic OH excluding ortho intramolecular Hbond substituents is 2. The summed E-state index contributed by atoms with van der Waals surface area (Å²) in [4.78, 5) is 12.5. The first-order valence-electron chi connectivity index (χ1n) is 6.11. The first kappa shape index (κ1) is 13.1. The van der Waals surface area contributed by atoms with E-state index >= 15 is 0 Å². The molecule has 1 aromatic heterocycles. The van der Waals surface area contributed by atoms with Crippen LogP contribution in [0.4, 0.5) is 0 Å². The number of aromatic hydroxyl groups is 2. The fraction of sp³-hybridized carbons (Fsp3) is 0.133. The van der Waals surface area contributed by atoms with Crippen LogP contribution in [0, 0.1) is 0 Å². The predicted molar refractivity (Wildman–Crippen MR) is 76.4 cm³/mol. The molecule has 2 aromatic carbocycles. The Morgan fingerprint density at radius 2 is 1.90 bits per heavy atom. The standard InChI is InChI=1S/C15H12O6/c1-19-10-6-7-12(17)11-8(16)4-3-5-9(11)21-14(7)13(18)15(10)20-2/h3-6,16,18H,1-2H3. The van der Waals surface area contributed by atoms with E-state index in [0.717, 1.165) is 0 Å². The van der Waals surface area contributed by atoms with Crippen molar-refractivity contribution in [3.05, 3.63) is 34.5 Å². The number of ether oxygens (including phenoxy) is 2. The average Bonchev–Trinajstić information content (AvgIpc) is 2.48. The third kappa shape index (κ3) is 1.76. The van der Waals surface area contributed by atoms with Gasteiger partial charge in [0.25, 0.3) is 0 Å². The van der Waals surface area contributed by atoms with Crippen LogP contribution in [0.15, 0.2) is 33.5 Å². The fourth-order valence-corrected chi connectivity index (χ4v) is 2.31. The Bertz CT molecular complexity index is 910. The maximum absolute atomic E-state index is 12.5. The summed E-state index contributed by atoms with van der Waals surface area (Å²) < 4.78 is 15.7. The first-order valence-corrected chi connectivity index (χ1v) is 6.11. The summed E-state index contributed by atoms with van der Waals surface area (Å²) in [5, 5.41) is 20.2. The molecule has 0 radical (unpaired) electrons. The molecule has 0 saturated heterocycles. The van der Waals surface area contributed by atoms with Gasteiger partial charge in [0.05, 0.1) is 19.6 Å². The number of fused-ring (bicyclic) bond motifs is 2. The molecule has 0 atom stereocenters. The number of hydrogen-bond donors (Lipinski definition) is 2. The van der Waals surface area contributed by atoms with Gasteiger partial charge in [-0.3, -0.25) is 4.79 Å². The van der Waals surface area contributed by atoms with Crippen LogP contribution >= 0.6 is 0 Å². The van der Waals surface area contributed by atoms with Crippen molar-refractivity contribution in [2.45, 2.75) is 0 Å². The minimum absolute atomic E-state index is 0.0178. The van der Waals surface area contributed by atoms with Crippen molar-refractivity contribution in [2.24, 2.45) is 0 Å². The van der Waals surface area contributed by atoms with Crippen LogP contribution in [0.5, 0.6) is 23.0 Å². The lowest BCUT2D eigenvalue weighted by atomic mass is 10.1. The van der Waals surface area contributed by atoms with Crippen LogP contribution in [0.3, 0.4) is 0 Å². The third-order valence-corrected chi connectivity index (χ3v) is 3.29. The van der Waals surface area contributed by atoms with Gasteiger partial charge >= 0.3 is 0 Å². The van der Waals surface area contributed by atoms with Crippen molar-refractivity contribution in [2.75, 3.05) is 14.2 Å². The Hall–Kier alpha value is -2.89. The Morgan fingerprint density at radius 1 is 1.14 bits per heavy atom. The molecule has 0 bridgehead atoms. The van der Waals surface area contributed by atoms with E-state index in [2.05, 4.69) is 0 Å². The smallest absolute Gasteiger partial charge is 0.207 e. The molecule has 0 unspecified atom stereocenters. The molecule has 0 aliphatic heterocycles. The van der Waals surface area contributed by atoms with Crippen molar-refractivity contribution in [3.8, 4) is 23.0 Å². The third-order valence-electron chi connectivity index (χ3n) is 3.29. The topological polar surface area (TPSA) is 89.1 Å². The van der Waals surface area contributed by atoms with E-state index in [0.29, 0.717) is 0 Å². The highest BCUT2D eigenvalue weighted by molar-refractivity contribution is 5.97. The molecule has 21 heavy (non-hydrogen) atoms. The van der Waals surface area contributed by atoms with Gasteiger partial charge in [-0.1, -0.05) is 6.07 Å². The lowest BCUT2D eigenvalue weighted by molar-refractivity contribution is 0.333. The largest absolute Gasteiger partial charge is 0.507 e. The fourth-order valence-electron chi connectivity index (χ4n) is 2.31. The molecule has 2 N–H and O–H groups in total. The summed E-state index contributed by atoms with van der Waals surface area (Å²) in [6.07, 6.45) is 0. The Kier molecular flexibility index (Phi) is 2.86. The van der Waals surface area contributed by atoms with E-state index in [1.165, 1.54) is 32.4 Å². The second-order valence-corrected chi connectivity index (χ2v) is 4.42. The van der Waals surface area contributed by atoms with Gasteiger partial charge in [0.2, 0.25) is 16.9 Å². The van der Waals surface area contributed by atoms with Crippen LogP contribution in [-0.4, -0.2) is 24.4 Å². The van der Waals surface area contributed by atoms with Crippen LogP contribution in [0.1, 0.15) is 0 Å². The van der Waals surface area contributed by atoms with E-state index in [4.69, 9.17) is 13.9 Å². The Morgan fingerprint density at radius 3 is 2.57 bits per heavy atom. The van der Waals surface area contributed by atoms with Crippen LogP contribution < -0.4 is 14.9 Å². The number of phenols is 2. The average molecular weight is 288 g/mol. The van der Waals surface area contributed by atoms with Gasteiger partial charge in [-0.25, -0.2) is 0 Å². The summed E-state index contributed by atoms with van der Waals surface area (Å²) in [5.74, 6) is -0.233. The predicted octanol–water partition coefficient (Wildman–Crippen LogP) is 2.37. The van der Waals surface area contributed by atoms with E-state index < -0.39 is 5.43 Å². The summed E-state index contributed by atoms with van der Waals surface area (Å²) in [6, 6.07) is 5.88. The summed E-state index contributed by atoms with van der Waals surface area (Å²) in [7, 11) is 2.76. The molecular formula is C15H12O6. The van der Waals surface area contributed by atoms with Crippen molar-refractivity contribution in [1.82, 2.24) is 0 Å².